The number of rotatable bonds is 9. The van der Waals surface area contributed by atoms with Gasteiger partial charge in [0.1, 0.15) is 11.6 Å². The van der Waals surface area contributed by atoms with Crippen LogP contribution in [0.5, 0.6) is 5.75 Å². The highest BCUT2D eigenvalue weighted by Crippen LogP contribution is 2.23. The van der Waals surface area contributed by atoms with Crippen molar-refractivity contribution < 1.29 is 18.7 Å². The molecular weight excluding hydrogens is 451 g/mol. The Hall–Kier alpha value is -3.53. The van der Waals surface area contributed by atoms with Crippen molar-refractivity contribution in [2.24, 2.45) is 0 Å². The summed E-state index contributed by atoms with van der Waals surface area (Å²) in [6, 6.07) is 10.2. The van der Waals surface area contributed by atoms with E-state index in [9.17, 15) is 14.0 Å². The van der Waals surface area contributed by atoms with Crippen molar-refractivity contribution in [2.45, 2.75) is 33.1 Å². The number of anilines is 1. The maximum atomic E-state index is 13.9. The van der Waals surface area contributed by atoms with Crippen LogP contribution in [0.4, 0.5) is 14.9 Å². The first-order valence-corrected chi connectivity index (χ1v) is 10.4. The summed E-state index contributed by atoms with van der Waals surface area (Å²) < 4.78 is 19.3. The molecule has 176 valence electrons. The summed E-state index contributed by atoms with van der Waals surface area (Å²) in [5, 5.41) is 16.3. The Labute approximate surface area is 197 Å². The minimum atomic E-state index is -0.613. The van der Waals surface area contributed by atoms with Gasteiger partial charge in [0.15, 0.2) is 0 Å². The number of nitrogens with one attached hydrogen (secondary N) is 2. The summed E-state index contributed by atoms with van der Waals surface area (Å²) in [6.45, 7) is 4.96. The number of aromatic nitrogens is 4. The molecule has 1 aromatic heterocycles. The maximum absolute atomic E-state index is 13.9. The van der Waals surface area contributed by atoms with Crippen LogP contribution in [-0.2, 0) is 0 Å². The van der Waals surface area contributed by atoms with Crippen LogP contribution in [0.25, 0.3) is 11.4 Å². The van der Waals surface area contributed by atoms with Gasteiger partial charge in [-0.3, -0.25) is 4.79 Å². The van der Waals surface area contributed by atoms with E-state index in [0.717, 1.165) is 31.4 Å². The van der Waals surface area contributed by atoms with Crippen LogP contribution in [0, 0.1) is 5.82 Å². The lowest BCUT2D eigenvalue weighted by Crippen LogP contribution is -2.34. The SMILES string of the molecule is CCCCCN(CC)C(=O)Oc1ccc(F)cc1C(=O)Nc1ccc(-c2nn[nH]n2)cc1.Cl. The molecule has 0 aliphatic rings. The second-order valence-corrected chi connectivity index (χ2v) is 7.06. The molecule has 0 atom stereocenters. The average Bonchev–Trinajstić information content (AvgIpc) is 3.33. The lowest BCUT2D eigenvalue weighted by molar-refractivity contribution is 0.102. The Morgan fingerprint density at radius 1 is 1.12 bits per heavy atom. The molecule has 0 saturated heterocycles. The minimum Gasteiger partial charge on any atom is -0.409 e. The number of amides is 2. The third kappa shape index (κ3) is 6.98. The third-order valence-electron chi connectivity index (χ3n) is 4.80. The zero-order valence-corrected chi connectivity index (χ0v) is 19.2. The van der Waals surface area contributed by atoms with Crippen LogP contribution in [0.1, 0.15) is 43.5 Å². The van der Waals surface area contributed by atoms with Crippen molar-refractivity contribution in [1.82, 2.24) is 25.5 Å². The topological polar surface area (TPSA) is 113 Å². The van der Waals surface area contributed by atoms with Crippen LogP contribution in [0.2, 0.25) is 0 Å². The van der Waals surface area contributed by atoms with Gasteiger partial charge < -0.3 is 15.0 Å². The summed E-state index contributed by atoms with van der Waals surface area (Å²) in [4.78, 5) is 26.9. The van der Waals surface area contributed by atoms with E-state index >= 15 is 0 Å². The number of carbonyl (C=O) groups is 2. The summed E-state index contributed by atoms with van der Waals surface area (Å²) in [5.41, 5.74) is 1.10. The Bertz CT molecular complexity index is 1050. The fraction of sp³-hybridized carbons (Fsp3) is 0.318. The van der Waals surface area contributed by atoms with Gasteiger partial charge in [0, 0.05) is 24.3 Å². The van der Waals surface area contributed by atoms with Gasteiger partial charge in [-0.25, -0.2) is 9.18 Å². The zero-order valence-electron chi connectivity index (χ0n) is 18.4. The number of hydrogen-bond donors (Lipinski definition) is 2. The average molecular weight is 477 g/mol. The fourth-order valence-electron chi connectivity index (χ4n) is 3.04. The second kappa shape index (κ2) is 12.5. The van der Waals surface area contributed by atoms with Crippen LogP contribution >= 0.6 is 12.4 Å². The van der Waals surface area contributed by atoms with Crippen molar-refractivity contribution in [2.75, 3.05) is 18.4 Å². The van der Waals surface area contributed by atoms with Gasteiger partial charge in [0.25, 0.3) is 5.91 Å². The van der Waals surface area contributed by atoms with E-state index in [4.69, 9.17) is 4.74 Å². The van der Waals surface area contributed by atoms with Gasteiger partial charge in [0.05, 0.1) is 5.56 Å². The van der Waals surface area contributed by atoms with Gasteiger partial charge in [-0.15, -0.1) is 22.6 Å². The molecule has 3 aromatic rings. The molecule has 0 aliphatic carbocycles. The molecule has 0 saturated carbocycles. The monoisotopic (exact) mass is 476 g/mol. The molecule has 2 amide bonds. The van der Waals surface area contributed by atoms with E-state index < -0.39 is 17.8 Å². The number of unbranched alkanes of at least 4 members (excludes halogenated alkanes) is 2. The van der Waals surface area contributed by atoms with Crippen molar-refractivity contribution in [3.63, 3.8) is 0 Å². The highest BCUT2D eigenvalue weighted by Gasteiger charge is 2.20. The van der Waals surface area contributed by atoms with Crippen LogP contribution in [-0.4, -0.2) is 50.6 Å². The highest BCUT2D eigenvalue weighted by molar-refractivity contribution is 6.06. The van der Waals surface area contributed by atoms with Gasteiger partial charge >= 0.3 is 6.09 Å². The predicted molar refractivity (Wildman–Crippen MR) is 124 cm³/mol. The molecule has 1 heterocycles. The normalized spacial score (nSPS) is 10.3. The number of carbonyl (C=O) groups excluding carboxylic acids is 2. The lowest BCUT2D eigenvalue weighted by Gasteiger charge is -2.21. The Morgan fingerprint density at radius 2 is 1.88 bits per heavy atom. The Morgan fingerprint density at radius 3 is 2.52 bits per heavy atom. The molecule has 0 fully saturated rings. The summed E-state index contributed by atoms with van der Waals surface area (Å²) in [7, 11) is 0. The smallest absolute Gasteiger partial charge is 0.409 e. The van der Waals surface area contributed by atoms with Gasteiger partial charge in [-0.1, -0.05) is 19.8 Å². The Balaban J connectivity index is 0.00000385. The third-order valence-corrected chi connectivity index (χ3v) is 4.80. The zero-order chi connectivity index (χ0) is 22.9. The maximum Gasteiger partial charge on any atom is 0.415 e. The van der Waals surface area contributed by atoms with Crippen molar-refractivity contribution in [3.05, 3.63) is 53.8 Å². The van der Waals surface area contributed by atoms with E-state index in [-0.39, 0.29) is 23.7 Å². The predicted octanol–water partition coefficient (Wildman–Crippen LogP) is 4.69. The van der Waals surface area contributed by atoms with Crippen LogP contribution in [0.15, 0.2) is 42.5 Å². The van der Waals surface area contributed by atoms with E-state index in [2.05, 4.69) is 32.9 Å². The number of hydrogen-bond acceptors (Lipinski definition) is 6. The molecule has 0 spiro atoms. The van der Waals surface area contributed by atoms with Gasteiger partial charge in [-0.2, -0.15) is 5.21 Å². The highest BCUT2D eigenvalue weighted by atomic mass is 35.5. The number of H-pyrrole nitrogens is 1. The largest absolute Gasteiger partial charge is 0.415 e. The summed E-state index contributed by atoms with van der Waals surface area (Å²) in [6.07, 6.45) is 2.31. The molecule has 3 rings (SSSR count). The van der Waals surface area contributed by atoms with E-state index in [1.807, 2.05) is 6.92 Å². The number of halogens is 2. The fourth-order valence-corrected chi connectivity index (χ4v) is 3.04. The van der Waals surface area contributed by atoms with Crippen molar-refractivity contribution >= 4 is 30.1 Å². The van der Waals surface area contributed by atoms with Crippen LogP contribution in [0.3, 0.4) is 0 Å². The summed E-state index contributed by atoms with van der Waals surface area (Å²) in [5.74, 6) is -0.806. The first-order valence-electron chi connectivity index (χ1n) is 10.4. The van der Waals surface area contributed by atoms with E-state index in [0.29, 0.717) is 30.2 Å². The second-order valence-electron chi connectivity index (χ2n) is 7.06. The number of ether oxygens (including phenoxy) is 1. The van der Waals surface area contributed by atoms with E-state index in [1.54, 1.807) is 29.2 Å². The Kier molecular flexibility index (Phi) is 9.74. The molecule has 33 heavy (non-hydrogen) atoms. The molecule has 0 aliphatic heterocycles. The molecule has 0 unspecified atom stereocenters. The first kappa shape index (κ1) is 25.7. The number of aromatic amines is 1. The van der Waals surface area contributed by atoms with Gasteiger partial charge in [0.2, 0.25) is 5.82 Å². The molecule has 0 radical (unpaired) electrons. The van der Waals surface area contributed by atoms with Gasteiger partial charge in [-0.05, 0) is 61.0 Å². The number of nitrogens with zero attached hydrogens (tertiary/aromatic N) is 4. The number of benzene rings is 2. The molecule has 0 bridgehead atoms. The molecular formula is C22H26ClFN6O3. The lowest BCUT2D eigenvalue weighted by atomic mass is 10.1. The quantitative estimate of drug-likeness (QED) is 0.433. The minimum absolute atomic E-state index is 0. The molecule has 2 aromatic carbocycles. The van der Waals surface area contributed by atoms with Crippen molar-refractivity contribution in [1.29, 1.82) is 0 Å². The number of tetrazole rings is 1. The standard InChI is InChI=1S/C22H25FN6O3.ClH/c1-3-5-6-13-29(4-2)22(31)32-19-12-9-16(23)14-18(19)21(30)24-17-10-7-15(8-11-17)20-25-27-28-26-20;/h7-12,14H,3-6,13H2,1-2H3,(H,24,30)(H,25,26,27,28);1H. The first-order chi connectivity index (χ1) is 15.5. The molecule has 9 nitrogen and oxygen atoms in total. The molecule has 11 heteroatoms. The van der Waals surface area contributed by atoms with Crippen LogP contribution < -0.4 is 10.1 Å². The van der Waals surface area contributed by atoms with Crippen molar-refractivity contribution in [3.8, 4) is 17.1 Å². The summed E-state index contributed by atoms with van der Waals surface area (Å²) >= 11 is 0. The molecule has 2 N–H and O–H groups in total. The van der Waals surface area contributed by atoms with E-state index in [1.165, 1.54) is 6.07 Å².